The Morgan fingerprint density at radius 2 is 2.11 bits per heavy atom. The summed E-state index contributed by atoms with van der Waals surface area (Å²) < 4.78 is 19.6. The fourth-order valence-electron chi connectivity index (χ4n) is 3.32. The molecule has 3 rings (SSSR count). The van der Waals surface area contributed by atoms with Crippen molar-refractivity contribution in [3.05, 3.63) is 59.3 Å². The summed E-state index contributed by atoms with van der Waals surface area (Å²) in [5.41, 5.74) is 0.863. The molecule has 1 aromatic heterocycles. The maximum atomic E-state index is 13.9. The molecule has 0 aliphatic carbocycles. The van der Waals surface area contributed by atoms with Gasteiger partial charge in [-0.25, -0.2) is 4.39 Å². The normalized spacial score (nSPS) is 15.5. The van der Waals surface area contributed by atoms with E-state index in [0.717, 1.165) is 18.8 Å². The second-order valence-corrected chi connectivity index (χ2v) is 6.50. The molecule has 0 saturated carbocycles. The Balaban J connectivity index is 0.00000280. The Hall–Kier alpha value is -2.12. The smallest absolute Gasteiger partial charge is 0.191 e. The van der Waals surface area contributed by atoms with E-state index in [9.17, 15) is 4.39 Å². The predicted octanol–water partition coefficient (Wildman–Crippen LogP) is 3.41. The third-order valence-corrected chi connectivity index (χ3v) is 4.76. The number of hydrogen-bond acceptors (Lipinski definition) is 4. The second-order valence-electron chi connectivity index (χ2n) is 6.50. The summed E-state index contributed by atoms with van der Waals surface area (Å²) in [4.78, 5) is 6.61. The van der Waals surface area contributed by atoms with Crippen LogP contribution in [0, 0.1) is 17.1 Å². The van der Waals surface area contributed by atoms with Crippen molar-refractivity contribution in [3.8, 4) is 6.07 Å². The molecule has 0 bridgehead atoms. The van der Waals surface area contributed by atoms with Crippen LogP contribution in [-0.4, -0.2) is 37.5 Å². The van der Waals surface area contributed by atoms with Gasteiger partial charge in [-0.05, 0) is 56.3 Å². The third kappa shape index (κ3) is 5.69. The van der Waals surface area contributed by atoms with Gasteiger partial charge in [-0.1, -0.05) is 0 Å². The zero-order valence-electron chi connectivity index (χ0n) is 15.8. The number of likely N-dealkylation sites (tertiary alicyclic amines) is 1. The third-order valence-electron chi connectivity index (χ3n) is 4.76. The minimum Gasteiger partial charge on any atom is -0.468 e. The minimum atomic E-state index is -0.345. The Labute approximate surface area is 181 Å². The van der Waals surface area contributed by atoms with Crippen molar-refractivity contribution in [2.75, 3.05) is 26.7 Å². The summed E-state index contributed by atoms with van der Waals surface area (Å²) in [7, 11) is 1.68. The highest BCUT2D eigenvalue weighted by atomic mass is 127. The molecule has 1 aliphatic heterocycles. The Kier molecular flexibility index (Phi) is 8.73. The maximum Gasteiger partial charge on any atom is 0.191 e. The standard InChI is InChI=1S/C20H24FN5O.HI/c1-23-20(24-13-16-11-15(12-22)6-7-17(16)21)25-14-18(19-5-4-10-27-19)26-8-2-3-9-26;/h4-7,10-11,18H,2-3,8-9,13-14H2,1H3,(H2,23,24,25);1H. The van der Waals surface area contributed by atoms with Crippen LogP contribution in [0.2, 0.25) is 0 Å². The van der Waals surface area contributed by atoms with Crippen molar-refractivity contribution in [3.63, 3.8) is 0 Å². The van der Waals surface area contributed by atoms with Crippen LogP contribution in [0.3, 0.4) is 0 Å². The zero-order chi connectivity index (χ0) is 19.1. The summed E-state index contributed by atoms with van der Waals surface area (Å²) in [5.74, 6) is 1.16. The molecule has 2 N–H and O–H groups in total. The average Bonchev–Trinajstić information content (AvgIpc) is 3.40. The second kappa shape index (κ2) is 11.0. The van der Waals surface area contributed by atoms with Crippen molar-refractivity contribution in [2.45, 2.75) is 25.4 Å². The summed E-state index contributed by atoms with van der Waals surface area (Å²) >= 11 is 0. The van der Waals surface area contributed by atoms with Gasteiger partial charge in [0, 0.05) is 25.7 Å². The number of nitriles is 1. The van der Waals surface area contributed by atoms with Crippen LogP contribution in [0.1, 0.15) is 35.8 Å². The summed E-state index contributed by atoms with van der Waals surface area (Å²) in [6.07, 6.45) is 4.08. The highest BCUT2D eigenvalue weighted by Crippen LogP contribution is 2.24. The lowest BCUT2D eigenvalue weighted by atomic mass is 10.1. The predicted molar refractivity (Wildman–Crippen MR) is 117 cm³/mol. The number of guanidine groups is 1. The van der Waals surface area contributed by atoms with Gasteiger partial charge >= 0.3 is 0 Å². The molecule has 1 fully saturated rings. The minimum absolute atomic E-state index is 0. The molecule has 6 nitrogen and oxygen atoms in total. The van der Waals surface area contributed by atoms with Crippen LogP contribution in [-0.2, 0) is 6.54 Å². The summed E-state index contributed by atoms with van der Waals surface area (Å²) in [6, 6.07) is 10.4. The number of furan rings is 1. The van der Waals surface area contributed by atoms with Crippen LogP contribution in [0.25, 0.3) is 0 Å². The molecular weight excluding hydrogens is 472 g/mol. The fraction of sp³-hybridized carbons (Fsp3) is 0.400. The van der Waals surface area contributed by atoms with Gasteiger partial charge in [-0.15, -0.1) is 24.0 Å². The van der Waals surface area contributed by atoms with Crippen molar-refractivity contribution in [1.82, 2.24) is 15.5 Å². The molecule has 1 atom stereocenters. The molecule has 2 heterocycles. The highest BCUT2D eigenvalue weighted by Gasteiger charge is 2.25. The average molecular weight is 497 g/mol. The van der Waals surface area contributed by atoms with E-state index in [1.807, 2.05) is 18.2 Å². The first-order valence-corrected chi connectivity index (χ1v) is 9.11. The maximum absolute atomic E-state index is 13.9. The first-order chi connectivity index (χ1) is 13.2. The molecule has 1 unspecified atom stereocenters. The number of aliphatic imine (C=N–C) groups is 1. The number of halogens is 2. The van der Waals surface area contributed by atoms with Gasteiger partial charge in [-0.3, -0.25) is 9.89 Å². The number of nitrogens with one attached hydrogen (secondary N) is 2. The van der Waals surface area contributed by atoms with Gasteiger partial charge in [0.15, 0.2) is 5.96 Å². The van der Waals surface area contributed by atoms with E-state index in [-0.39, 0.29) is 42.4 Å². The van der Waals surface area contributed by atoms with Crippen LogP contribution in [0.15, 0.2) is 46.0 Å². The van der Waals surface area contributed by atoms with E-state index < -0.39 is 0 Å². The van der Waals surface area contributed by atoms with E-state index in [1.54, 1.807) is 19.4 Å². The Bertz CT molecular complexity index is 812. The number of benzene rings is 1. The Morgan fingerprint density at radius 1 is 1.32 bits per heavy atom. The molecule has 28 heavy (non-hydrogen) atoms. The van der Waals surface area contributed by atoms with Gasteiger partial charge in [0.1, 0.15) is 11.6 Å². The number of nitrogens with zero attached hydrogens (tertiary/aromatic N) is 3. The molecule has 150 valence electrons. The van der Waals surface area contributed by atoms with Crippen LogP contribution < -0.4 is 10.6 Å². The largest absolute Gasteiger partial charge is 0.468 e. The fourth-order valence-corrected chi connectivity index (χ4v) is 3.32. The van der Waals surface area contributed by atoms with E-state index in [4.69, 9.17) is 9.68 Å². The molecular formula is C20H25FIN5O. The highest BCUT2D eigenvalue weighted by molar-refractivity contribution is 14.0. The van der Waals surface area contributed by atoms with Crippen LogP contribution in [0.5, 0.6) is 0 Å². The van der Waals surface area contributed by atoms with Gasteiger partial charge in [-0.2, -0.15) is 5.26 Å². The number of rotatable bonds is 6. The van der Waals surface area contributed by atoms with Gasteiger partial charge in [0.05, 0.1) is 23.9 Å². The first kappa shape index (κ1) is 22.2. The van der Waals surface area contributed by atoms with E-state index in [1.165, 1.54) is 25.0 Å². The molecule has 1 saturated heterocycles. The van der Waals surface area contributed by atoms with Crippen molar-refractivity contribution >= 4 is 29.9 Å². The molecule has 8 heteroatoms. The number of hydrogen-bond donors (Lipinski definition) is 2. The van der Waals surface area contributed by atoms with Gasteiger partial charge < -0.3 is 15.1 Å². The van der Waals surface area contributed by atoms with Crippen molar-refractivity contribution in [1.29, 1.82) is 5.26 Å². The lowest BCUT2D eigenvalue weighted by Gasteiger charge is -2.26. The summed E-state index contributed by atoms with van der Waals surface area (Å²) in [5, 5.41) is 15.4. The van der Waals surface area contributed by atoms with E-state index in [2.05, 4.69) is 20.5 Å². The van der Waals surface area contributed by atoms with Crippen LogP contribution >= 0.6 is 24.0 Å². The molecule has 0 radical (unpaired) electrons. The molecule has 1 aliphatic rings. The summed E-state index contributed by atoms with van der Waals surface area (Å²) in [6.45, 7) is 2.97. The monoisotopic (exact) mass is 497 g/mol. The first-order valence-electron chi connectivity index (χ1n) is 9.11. The quantitative estimate of drug-likeness (QED) is 0.364. The lowest BCUT2D eigenvalue weighted by Crippen LogP contribution is -2.42. The van der Waals surface area contributed by atoms with Crippen LogP contribution in [0.4, 0.5) is 4.39 Å². The van der Waals surface area contributed by atoms with Crippen molar-refractivity contribution in [2.24, 2.45) is 4.99 Å². The zero-order valence-corrected chi connectivity index (χ0v) is 18.2. The Morgan fingerprint density at radius 3 is 2.75 bits per heavy atom. The molecule has 1 aromatic carbocycles. The molecule has 2 aromatic rings. The van der Waals surface area contributed by atoms with Gasteiger partial charge in [0.2, 0.25) is 0 Å². The topological polar surface area (TPSA) is 76.6 Å². The SMILES string of the molecule is CN=C(NCc1cc(C#N)ccc1F)NCC(c1ccco1)N1CCCC1.I. The van der Waals surface area contributed by atoms with E-state index in [0.29, 0.717) is 23.6 Å². The molecule has 0 amide bonds. The molecule has 0 spiro atoms. The lowest BCUT2D eigenvalue weighted by molar-refractivity contribution is 0.215. The van der Waals surface area contributed by atoms with E-state index >= 15 is 0 Å². The van der Waals surface area contributed by atoms with Gasteiger partial charge in [0.25, 0.3) is 0 Å². The van der Waals surface area contributed by atoms with Crippen molar-refractivity contribution < 1.29 is 8.81 Å².